The minimum atomic E-state index is -0.138. The molecule has 5 rings (SSSR count). The topological polar surface area (TPSA) is 72.3 Å². The molecule has 0 unspecified atom stereocenters. The predicted octanol–water partition coefficient (Wildman–Crippen LogP) is 4.43. The molecule has 0 bridgehead atoms. The van der Waals surface area contributed by atoms with Crippen molar-refractivity contribution < 1.29 is 4.74 Å². The van der Waals surface area contributed by atoms with Crippen LogP contribution in [0, 0.1) is 0 Å². The van der Waals surface area contributed by atoms with E-state index in [0.29, 0.717) is 23.0 Å². The summed E-state index contributed by atoms with van der Waals surface area (Å²) in [6.45, 7) is 3.27. The van der Waals surface area contributed by atoms with Gasteiger partial charge in [-0.05, 0) is 31.9 Å². The van der Waals surface area contributed by atoms with Crippen molar-refractivity contribution in [1.29, 1.82) is 0 Å². The van der Waals surface area contributed by atoms with Gasteiger partial charge < -0.3 is 4.74 Å². The highest BCUT2D eigenvalue weighted by atomic mass is 32.1. The molecule has 7 heteroatoms. The molecule has 2 aromatic carbocycles. The predicted molar refractivity (Wildman–Crippen MR) is 121 cm³/mol. The maximum atomic E-state index is 13.5. The third-order valence-corrected chi connectivity index (χ3v) is 6.37. The lowest BCUT2D eigenvalue weighted by Gasteiger charge is -2.07. The van der Waals surface area contributed by atoms with Crippen LogP contribution in [0.25, 0.3) is 26.6 Å². The van der Waals surface area contributed by atoms with E-state index in [1.54, 1.807) is 0 Å². The maximum Gasteiger partial charge on any atom is 0.283 e. The fourth-order valence-electron chi connectivity index (χ4n) is 3.78. The van der Waals surface area contributed by atoms with Crippen LogP contribution in [0.2, 0.25) is 0 Å². The Morgan fingerprint density at radius 1 is 1.23 bits per heavy atom. The lowest BCUT2D eigenvalue weighted by Crippen LogP contribution is -2.20. The minimum Gasteiger partial charge on any atom is -0.376 e. The highest BCUT2D eigenvalue weighted by Crippen LogP contribution is 2.26. The van der Waals surface area contributed by atoms with Gasteiger partial charge in [-0.25, -0.2) is 4.98 Å². The maximum absolute atomic E-state index is 13.5. The number of hydrogen-bond acceptors (Lipinski definition) is 5. The average molecular weight is 419 g/mol. The van der Waals surface area contributed by atoms with Gasteiger partial charge in [-0.2, -0.15) is 4.68 Å². The van der Waals surface area contributed by atoms with Crippen LogP contribution in [0.5, 0.6) is 0 Å². The van der Waals surface area contributed by atoms with E-state index in [0.717, 1.165) is 40.9 Å². The number of thiazole rings is 1. The van der Waals surface area contributed by atoms with E-state index in [-0.39, 0.29) is 11.7 Å². The fourth-order valence-corrected chi connectivity index (χ4v) is 4.71. The first-order chi connectivity index (χ1) is 14.7. The van der Waals surface area contributed by atoms with E-state index in [1.807, 2.05) is 61.5 Å². The smallest absolute Gasteiger partial charge is 0.283 e. The Bertz CT molecular complexity index is 1230. The van der Waals surface area contributed by atoms with Gasteiger partial charge in [-0.3, -0.25) is 14.9 Å². The molecule has 152 valence electrons. The Morgan fingerprint density at radius 3 is 2.80 bits per heavy atom. The third-order valence-electron chi connectivity index (χ3n) is 5.34. The van der Waals surface area contributed by atoms with Gasteiger partial charge in [0.2, 0.25) is 5.13 Å². The number of benzene rings is 2. The Hall–Kier alpha value is -3.03. The molecule has 1 atom stereocenters. The molecule has 0 radical (unpaired) electrons. The van der Waals surface area contributed by atoms with Gasteiger partial charge in [-0.15, -0.1) is 0 Å². The van der Waals surface area contributed by atoms with E-state index in [4.69, 9.17) is 9.73 Å². The van der Waals surface area contributed by atoms with Gasteiger partial charge in [0, 0.05) is 17.9 Å². The Labute approximate surface area is 177 Å². The summed E-state index contributed by atoms with van der Waals surface area (Å²) in [7, 11) is 0. The molecule has 1 aliphatic heterocycles. The number of nitrogens with one attached hydrogen (secondary N) is 1. The number of para-hydroxylation sites is 1. The highest BCUT2D eigenvalue weighted by Gasteiger charge is 2.22. The van der Waals surface area contributed by atoms with Crippen molar-refractivity contribution in [2.24, 2.45) is 4.99 Å². The van der Waals surface area contributed by atoms with Crippen LogP contribution in [-0.2, 0) is 4.74 Å². The molecular formula is C23H22N4O2S. The number of ether oxygens (including phenoxy) is 1. The summed E-state index contributed by atoms with van der Waals surface area (Å²) >= 11 is 1.49. The van der Waals surface area contributed by atoms with Crippen molar-refractivity contribution in [2.45, 2.75) is 25.9 Å². The van der Waals surface area contributed by atoms with E-state index >= 15 is 0 Å². The van der Waals surface area contributed by atoms with Crippen molar-refractivity contribution in [2.75, 3.05) is 13.2 Å². The number of aromatic amines is 1. The van der Waals surface area contributed by atoms with Crippen molar-refractivity contribution in [3.63, 3.8) is 0 Å². The minimum absolute atomic E-state index is 0.138. The molecule has 2 aromatic heterocycles. The lowest BCUT2D eigenvalue weighted by atomic mass is 10.1. The Morgan fingerprint density at radius 2 is 2.03 bits per heavy atom. The third kappa shape index (κ3) is 3.51. The van der Waals surface area contributed by atoms with Gasteiger partial charge in [0.05, 0.1) is 34.1 Å². The molecule has 4 aromatic rings. The van der Waals surface area contributed by atoms with E-state index < -0.39 is 0 Å². The fraction of sp³-hybridized carbons (Fsp3) is 0.261. The summed E-state index contributed by atoms with van der Waals surface area (Å²) in [5.74, 6) is 0. The first-order valence-corrected chi connectivity index (χ1v) is 10.9. The summed E-state index contributed by atoms with van der Waals surface area (Å²) in [5, 5.41) is 3.91. The summed E-state index contributed by atoms with van der Waals surface area (Å²) in [5.41, 5.74) is 3.74. The first-order valence-electron chi connectivity index (χ1n) is 10.1. The number of nitrogens with zero attached hydrogens (tertiary/aromatic N) is 3. The number of aromatic nitrogens is 3. The number of fused-ring (bicyclic) bond motifs is 1. The van der Waals surface area contributed by atoms with Gasteiger partial charge in [0.15, 0.2) is 0 Å². The average Bonchev–Trinajstić information content (AvgIpc) is 3.51. The second-order valence-corrected chi connectivity index (χ2v) is 8.40. The zero-order valence-electron chi connectivity index (χ0n) is 16.7. The van der Waals surface area contributed by atoms with Crippen molar-refractivity contribution in [3.05, 3.63) is 70.5 Å². The summed E-state index contributed by atoms with van der Waals surface area (Å²) in [6.07, 6.45) is 2.24. The molecule has 3 heterocycles. The molecule has 1 aliphatic rings. The van der Waals surface area contributed by atoms with Crippen LogP contribution in [-0.4, -0.2) is 39.7 Å². The van der Waals surface area contributed by atoms with Crippen molar-refractivity contribution in [1.82, 2.24) is 14.8 Å². The molecular weight excluding hydrogens is 396 g/mol. The SMILES string of the molecule is CC(=NC[C@H]1CCCO1)c1c(-c2ccccc2)[nH]n(-c2nc3ccccc3s2)c1=O. The summed E-state index contributed by atoms with van der Waals surface area (Å²) in [6, 6.07) is 17.8. The molecule has 1 saturated heterocycles. The van der Waals surface area contributed by atoms with Gasteiger partial charge >= 0.3 is 0 Å². The van der Waals surface area contributed by atoms with Gasteiger partial charge in [0.25, 0.3) is 5.56 Å². The largest absolute Gasteiger partial charge is 0.376 e. The lowest BCUT2D eigenvalue weighted by molar-refractivity contribution is 0.118. The molecule has 0 saturated carbocycles. The van der Waals surface area contributed by atoms with Gasteiger partial charge in [-0.1, -0.05) is 53.8 Å². The number of hydrogen-bond donors (Lipinski definition) is 1. The summed E-state index contributed by atoms with van der Waals surface area (Å²) in [4.78, 5) is 22.8. The zero-order chi connectivity index (χ0) is 20.5. The Balaban J connectivity index is 1.62. The van der Waals surface area contributed by atoms with E-state index in [1.165, 1.54) is 16.0 Å². The van der Waals surface area contributed by atoms with Gasteiger partial charge in [0.1, 0.15) is 0 Å². The van der Waals surface area contributed by atoms with Crippen LogP contribution in [0.3, 0.4) is 0 Å². The molecule has 1 fully saturated rings. The van der Waals surface area contributed by atoms with Crippen LogP contribution >= 0.6 is 11.3 Å². The van der Waals surface area contributed by atoms with E-state index in [9.17, 15) is 4.79 Å². The van der Waals surface area contributed by atoms with Crippen LogP contribution in [0.1, 0.15) is 25.3 Å². The Kier molecular flexibility index (Phi) is 5.06. The molecule has 6 nitrogen and oxygen atoms in total. The quantitative estimate of drug-likeness (QED) is 0.487. The highest BCUT2D eigenvalue weighted by molar-refractivity contribution is 7.20. The standard InChI is InChI=1S/C23H22N4O2S/c1-15(24-14-17-10-7-13-29-17)20-21(16-8-3-2-4-9-16)26-27(22(20)28)23-25-18-11-5-6-12-19(18)30-23/h2-6,8-9,11-12,17,26H,7,10,13-14H2,1H3/t17-/m1/s1. The van der Waals surface area contributed by atoms with Crippen LogP contribution in [0.15, 0.2) is 64.4 Å². The molecule has 0 spiro atoms. The second kappa shape index (κ2) is 8.01. The summed E-state index contributed by atoms with van der Waals surface area (Å²) < 4.78 is 8.26. The first kappa shape index (κ1) is 19.0. The molecule has 30 heavy (non-hydrogen) atoms. The number of rotatable bonds is 5. The van der Waals surface area contributed by atoms with Crippen LogP contribution < -0.4 is 5.56 Å². The van der Waals surface area contributed by atoms with E-state index in [2.05, 4.69) is 10.1 Å². The van der Waals surface area contributed by atoms with Crippen molar-refractivity contribution in [3.8, 4) is 16.4 Å². The second-order valence-electron chi connectivity index (χ2n) is 7.39. The number of H-pyrrole nitrogens is 1. The molecule has 0 amide bonds. The molecule has 0 aliphatic carbocycles. The molecule has 1 N–H and O–H groups in total. The normalized spacial score (nSPS) is 17.1. The van der Waals surface area contributed by atoms with Crippen molar-refractivity contribution >= 4 is 27.3 Å². The number of aliphatic imine (C=N–C) groups is 1. The monoisotopic (exact) mass is 418 g/mol. The van der Waals surface area contributed by atoms with Crippen LogP contribution in [0.4, 0.5) is 0 Å². The zero-order valence-corrected chi connectivity index (χ0v) is 17.5.